The predicted molar refractivity (Wildman–Crippen MR) is 75.9 cm³/mol. The predicted octanol–water partition coefficient (Wildman–Crippen LogP) is 2.25. The summed E-state index contributed by atoms with van der Waals surface area (Å²) in [5, 5.41) is 13.3. The maximum atomic E-state index is 12.1. The van der Waals surface area contributed by atoms with E-state index in [1.165, 1.54) is 6.42 Å². The van der Waals surface area contributed by atoms with Gasteiger partial charge in [-0.3, -0.25) is 4.79 Å². The fourth-order valence-corrected chi connectivity index (χ4v) is 2.63. The lowest BCUT2D eigenvalue weighted by Crippen LogP contribution is -2.52. The second kappa shape index (κ2) is 6.71. The normalized spacial score (nSPS) is 30.7. The number of carbonyl (C=O) groups excluding carboxylic acids is 1. The zero-order valence-electron chi connectivity index (χ0n) is 12.8. The van der Waals surface area contributed by atoms with Crippen LogP contribution < -0.4 is 5.32 Å². The molecule has 0 aliphatic heterocycles. The number of hydrogen-bond acceptors (Lipinski definition) is 3. The van der Waals surface area contributed by atoms with Crippen molar-refractivity contribution >= 4 is 5.91 Å². The number of carbonyl (C=O) groups is 1. The second-order valence-corrected chi connectivity index (χ2v) is 6.05. The Balaban J connectivity index is 2.46. The van der Waals surface area contributed by atoms with Crippen LogP contribution in [0.15, 0.2) is 0 Å². The SMILES string of the molecule is CCC1CCC(O)(CNC(=O)C(C)(CC)OC)CC1. The third-order valence-electron chi connectivity index (χ3n) is 4.80. The molecule has 0 heterocycles. The molecule has 1 aliphatic carbocycles. The molecule has 0 bridgehead atoms. The number of methoxy groups -OCH3 is 1. The highest BCUT2D eigenvalue weighted by Crippen LogP contribution is 2.33. The minimum absolute atomic E-state index is 0.136. The Hall–Kier alpha value is -0.610. The van der Waals surface area contributed by atoms with Crippen molar-refractivity contribution < 1.29 is 14.6 Å². The van der Waals surface area contributed by atoms with E-state index in [1.54, 1.807) is 14.0 Å². The fraction of sp³-hybridized carbons (Fsp3) is 0.933. The lowest BCUT2D eigenvalue weighted by molar-refractivity contribution is -0.143. The van der Waals surface area contributed by atoms with Crippen molar-refractivity contribution in [2.75, 3.05) is 13.7 Å². The van der Waals surface area contributed by atoms with Crippen molar-refractivity contribution in [3.05, 3.63) is 0 Å². The highest BCUT2D eigenvalue weighted by atomic mass is 16.5. The minimum atomic E-state index is -0.795. The molecule has 1 unspecified atom stereocenters. The summed E-state index contributed by atoms with van der Waals surface area (Å²) in [5.41, 5.74) is -1.53. The summed E-state index contributed by atoms with van der Waals surface area (Å²) in [7, 11) is 1.55. The molecule has 4 heteroatoms. The standard InChI is InChI=1S/C15H29NO3/c1-5-12-7-9-15(18,10-8-12)11-16-13(17)14(3,6-2)19-4/h12,18H,5-11H2,1-4H3,(H,16,17). The molecule has 0 radical (unpaired) electrons. The molecule has 1 rings (SSSR count). The van der Waals surface area contributed by atoms with Gasteiger partial charge in [0.05, 0.1) is 5.60 Å². The van der Waals surface area contributed by atoms with Crippen LogP contribution in [0.5, 0.6) is 0 Å². The monoisotopic (exact) mass is 271 g/mol. The minimum Gasteiger partial charge on any atom is -0.388 e. The zero-order valence-corrected chi connectivity index (χ0v) is 12.8. The molecule has 4 nitrogen and oxygen atoms in total. The van der Waals surface area contributed by atoms with Crippen molar-refractivity contribution in [3.63, 3.8) is 0 Å². The van der Waals surface area contributed by atoms with Crippen molar-refractivity contribution in [2.24, 2.45) is 5.92 Å². The lowest BCUT2D eigenvalue weighted by Gasteiger charge is -2.36. The lowest BCUT2D eigenvalue weighted by atomic mass is 9.78. The van der Waals surface area contributed by atoms with Crippen molar-refractivity contribution in [1.82, 2.24) is 5.32 Å². The number of nitrogens with one attached hydrogen (secondary N) is 1. The summed E-state index contributed by atoms with van der Waals surface area (Å²) in [5.74, 6) is 0.597. The first-order valence-electron chi connectivity index (χ1n) is 7.45. The molecule has 0 aromatic heterocycles. The number of hydrogen-bond donors (Lipinski definition) is 2. The Labute approximate surface area is 116 Å². The van der Waals surface area contributed by atoms with Crippen LogP contribution in [-0.2, 0) is 9.53 Å². The molecule has 0 aromatic rings. The summed E-state index contributed by atoms with van der Waals surface area (Å²) in [4.78, 5) is 12.1. The summed E-state index contributed by atoms with van der Waals surface area (Å²) in [6.07, 6.45) is 5.46. The number of rotatable bonds is 6. The van der Waals surface area contributed by atoms with E-state index in [9.17, 15) is 9.90 Å². The van der Waals surface area contributed by atoms with Crippen molar-refractivity contribution in [2.45, 2.75) is 70.5 Å². The Bertz CT molecular complexity index is 292. The zero-order chi connectivity index (χ0) is 14.5. The molecule has 0 spiro atoms. The van der Waals surface area contributed by atoms with Crippen LogP contribution in [0.4, 0.5) is 0 Å². The fourth-order valence-electron chi connectivity index (χ4n) is 2.63. The van der Waals surface area contributed by atoms with Crippen LogP contribution in [-0.4, -0.2) is 35.9 Å². The molecule has 19 heavy (non-hydrogen) atoms. The van der Waals surface area contributed by atoms with Crippen LogP contribution in [0.25, 0.3) is 0 Å². The molecule has 1 saturated carbocycles. The van der Waals surface area contributed by atoms with Crippen LogP contribution in [0.1, 0.15) is 59.3 Å². The molecule has 112 valence electrons. The second-order valence-electron chi connectivity index (χ2n) is 6.05. The van der Waals surface area contributed by atoms with E-state index < -0.39 is 11.2 Å². The van der Waals surface area contributed by atoms with E-state index in [0.29, 0.717) is 13.0 Å². The van der Waals surface area contributed by atoms with Crippen LogP contribution in [0, 0.1) is 5.92 Å². The number of ether oxygens (including phenoxy) is 1. The van der Waals surface area contributed by atoms with Crippen molar-refractivity contribution in [1.29, 1.82) is 0 Å². The van der Waals surface area contributed by atoms with Gasteiger partial charge in [0.25, 0.3) is 5.91 Å². The molecule has 0 aromatic carbocycles. The molecular formula is C15H29NO3. The average molecular weight is 271 g/mol. The summed E-state index contributed by atoms with van der Waals surface area (Å²) >= 11 is 0. The van der Waals surface area contributed by atoms with E-state index in [4.69, 9.17) is 4.74 Å². The molecule has 0 saturated heterocycles. The first kappa shape index (κ1) is 16.4. The Morgan fingerprint density at radius 1 is 1.42 bits per heavy atom. The first-order chi connectivity index (χ1) is 8.89. The van der Waals surface area contributed by atoms with Crippen molar-refractivity contribution in [3.8, 4) is 0 Å². The van der Waals surface area contributed by atoms with Gasteiger partial charge in [-0.05, 0) is 44.9 Å². The quantitative estimate of drug-likeness (QED) is 0.779. The number of aliphatic hydroxyl groups is 1. The summed E-state index contributed by atoms with van der Waals surface area (Å²) in [6.45, 7) is 6.23. The van der Waals surface area contributed by atoms with E-state index >= 15 is 0 Å². The molecule has 1 aliphatic rings. The summed E-state index contributed by atoms with van der Waals surface area (Å²) in [6, 6.07) is 0. The van der Waals surface area contributed by atoms with Gasteiger partial charge in [-0.1, -0.05) is 20.3 Å². The third kappa shape index (κ3) is 4.18. The maximum absolute atomic E-state index is 12.1. The Kier molecular flexibility index (Phi) is 5.81. The van der Waals surface area contributed by atoms with Gasteiger partial charge >= 0.3 is 0 Å². The van der Waals surface area contributed by atoms with Crippen LogP contribution in [0.2, 0.25) is 0 Å². The van der Waals surface area contributed by atoms with Gasteiger partial charge in [-0.2, -0.15) is 0 Å². The number of amides is 1. The van der Waals surface area contributed by atoms with Crippen LogP contribution >= 0.6 is 0 Å². The van der Waals surface area contributed by atoms with E-state index in [-0.39, 0.29) is 5.91 Å². The highest BCUT2D eigenvalue weighted by molar-refractivity contribution is 5.84. The molecule has 1 fully saturated rings. The van der Waals surface area contributed by atoms with Gasteiger partial charge in [-0.25, -0.2) is 0 Å². The topological polar surface area (TPSA) is 58.6 Å². The Morgan fingerprint density at radius 3 is 2.42 bits per heavy atom. The van der Waals surface area contributed by atoms with Gasteiger partial charge in [0.1, 0.15) is 5.60 Å². The average Bonchev–Trinajstić information content (AvgIpc) is 2.44. The Morgan fingerprint density at radius 2 is 2.00 bits per heavy atom. The molecular weight excluding hydrogens is 242 g/mol. The third-order valence-corrected chi connectivity index (χ3v) is 4.80. The van der Waals surface area contributed by atoms with Crippen LogP contribution in [0.3, 0.4) is 0 Å². The van der Waals surface area contributed by atoms with E-state index in [2.05, 4.69) is 12.2 Å². The maximum Gasteiger partial charge on any atom is 0.252 e. The van der Waals surface area contributed by atoms with Gasteiger partial charge in [0.2, 0.25) is 0 Å². The van der Waals surface area contributed by atoms with E-state index in [0.717, 1.165) is 31.6 Å². The van der Waals surface area contributed by atoms with Gasteiger partial charge in [0.15, 0.2) is 0 Å². The smallest absolute Gasteiger partial charge is 0.252 e. The first-order valence-corrected chi connectivity index (χ1v) is 7.45. The highest BCUT2D eigenvalue weighted by Gasteiger charge is 2.36. The molecule has 1 atom stereocenters. The summed E-state index contributed by atoms with van der Waals surface area (Å²) < 4.78 is 5.26. The molecule has 1 amide bonds. The molecule has 2 N–H and O–H groups in total. The van der Waals surface area contributed by atoms with E-state index in [1.807, 2.05) is 6.92 Å². The van der Waals surface area contributed by atoms with Gasteiger partial charge in [-0.15, -0.1) is 0 Å². The van der Waals surface area contributed by atoms with Gasteiger partial charge in [0, 0.05) is 13.7 Å². The largest absolute Gasteiger partial charge is 0.388 e. The van der Waals surface area contributed by atoms with Gasteiger partial charge < -0.3 is 15.2 Å².